The molecule has 0 N–H and O–H groups in total. The fraction of sp³-hybridized carbons (Fsp3) is 0.235. The van der Waals surface area contributed by atoms with Gasteiger partial charge in [-0.1, -0.05) is 11.3 Å². The minimum atomic E-state index is -0.782. The number of ether oxygens (including phenoxy) is 1. The molecule has 2 heterocycles. The van der Waals surface area contributed by atoms with Crippen molar-refractivity contribution in [1.29, 1.82) is 0 Å². The van der Waals surface area contributed by atoms with Crippen LogP contribution < -0.4 is 4.90 Å². The van der Waals surface area contributed by atoms with Gasteiger partial charge < -0.3 is 9.64 Å². The molecule has 3 rings (SSSR count). The first-order valence-electron chi connectivity index (χ1n) is 7.80. The third-order valence-corrected chi connectivity index (χ3v) is 4.90. The molecule has 26 heavy (non-hydrogen) atoms. The Morgan fingerprint density at radius 3 is 2.50 bits per heavy atom. The molecule has 0 bridgehead atoms. The van der Waals surface area contributed by atoms with Crippen molar-refractivity contribution in [2.24, 2.45) is 0 Å². The third-order valence-electron chi connectivity index (χ3n) is 3.88. The van der Waals surface area contributed by atoms with E-state index in [1.54, 1.807) is 29.2 Å². The lowest BCUT2D eigenvalue weighted by Gasteiger charge is -2.15. The SMILES string of the molecule is O=C(COC(=O)c1ccc([N+](=O)[O-])s1)c1ccc(N2CCCC2=O)cc1. The normalized spacial score (nSPS) is 13.7. The van der Waals surface area contributed by atoms with E-state index in [4.69, 9.17) is 4.74 Å². The van der Waals surface area contributed by atoms with Crippen molar-refractivity contribution in [3.63, 3.8) is 0 Å². The maximum atomic E-state index is 12.1. The molecular weight excluding hydrogens is 360 g/mol. The van der Waals surface area contributed by atoms with Crippen LogP contribution >= 0.6 is 11.3 Å². The predicted molar refractivity (Wildman–Crippen MR) is 93.6 cm³/mol. The summed E-state index contributed by atoms with van der Waals surface area (Å²) >= 11 is 0.690. The standard InChI is InChI=1S/C17H14N2O6S/c20-13(10-25-17(22)14-7-8-16(26-14)19(23)24)11-3-5-12(6-4-11)18-9-1-2-15(18)21/h3-8H,1-2,9-10H2. The smallest absolute Gasteiger partial charge is 0.349 e. The molecule has 1 saturated heterocycles. The minimum Gasteiger partial charge on any atom is -0.453 e. The summed E-state index contributed by atoms with van der Waals surface area (Å²) in [5.41, 5.74) is 1.08. The summed E-state index contributed by atoms with van der Waals surface area (Å²) in [4.78, 5) is 47.4. The van der Waals surface area contributed by atoms with E-state index in [0.29, 0.717) is 29.9 Å². The van der Waals surface area contributed by atoms with Crippen LogP contribution in [0.1, 0.15) is 32.9 Å². The molecule has 134 valence electrons. The average Bonchev–Trinajstić information content (AvgIpc) is 3.29. The average molecular weight is 374 g/mol. The van der Waals surface area contributed by atoms with Crippen LogP contribution in [0.4, 0.5) is 10.7 Å². The van der Waals surface area contributed by atoms with E-state index in [1.807, 2.05) is 0 Å². The molecule has 1 amide bonds. The molecule has 9 heteroatoms. The van der Waals surface area contributed by atoms with Gasteiger partial charge in [0.1, 0.15) is 4.88 Å². The number of amides is 1. The zero-order valence-electron chi connectivity index (χ0n) is 13.5. The summed E-state index contributed by atoms with van der Waals surface area (Å²) in [5.74, 6) is -1.12. The number of hydrogen-bond acceptors (Lipinski definition) is 7. The van der Waals surface area contributed by atoms with Crippen LogP contribution in [-0.4, -0.2) is 35.7 Å². The molecule has 2 aromatic rings. The van der Waals surface area contributed by atoms with Crippen molar-refractivity contribution in [3.05, 3.63) is 57.0 Å². The highest BCUT2D eigenvalue weighted by Crippen LogP contribution is 2.25. The number of rotatable bonds is 6. The summed E-state index contributed by atoms with van der Waals surface area (Å²) in [5, 5.41) is 10.4. The van der Waals surface area contributed by atoms with Crippen molar-refractivity contribution in [2.75, 3.05) is 18.1 Å². The summed E-state index contributed by atoms with van der Waals surface area (Å²) in [6, 6.07) is 9.01. The van der Waals surface area contributed by atoms with Gasteiger partial charge in [0.05, 0.1) is 4.92 Å². The van der Waals surface area contributed by atoms with Crippen LogP contribution in [0.2, 0.25) is 0 Å². The second kappa shape index (κ2) is 7.44. The Bertz CT molecular complexity index is 874. The Balaban J connectivity index is 1.58. The molecule has 0 spiro atoms. The second-order valence-corrected chi connectivity index (χ2v) is 6.65. The number of carbonyl (C=O) groups excluding carboxylic acids is 3. The number of esters is 1. The molecule has 1 aromatic carbocycles. The highest BCUT2D eigenvalue weighted by atomic mass is 32.1. The Morgan fingerprint density at radius 1 is 1.19 bits per heavy atom. The van der Waals surface area contributed by atoms with Crippen LogP contribution in [0.5, 0.6) is 0 Å². The van der Waals surface area contributed by atoms with Crippen LogP contribution in [0.25, 0.3) is 0 Å². The summed E-state index contributed by atoms with van der Waals surface area (Å²) in [6.45, 7) is 0.198. The van der Waals surface area contributed by atoms with Crippen molar-refractivity contribution >= 4 is 39.7 Å². The van der Waals surface area contributed by atoms with E-state index in [0.717, 1.165) is 12.1 Å². The van der Waals surface area contributed by atoms with E-state index < -0.39 is 23.3 Å². The number of hydrogen-bond donors (Lipinski definition) is 0. The quantitative estimate of drug-likeness (QED) is 0.333. The lowest BCUT2D eigenvalue weighted by molar-refractivity contribution is -0.380. The zero-order valence-corrected chi connectivity index (χ0v) is 14.4. The Labute approximate surface area is 152 Å². The highest BCUT2D eigenvalue weighted by Gasteiger charge is 2.22. The van der Waals surface area contributed by atoms with Crippen molar-refractivity contribution in [1.82, 2.24) is 0 Å². The van der Waals surface area contributed by atoms with Crippen molar-refractivity contribution in [2.45, 2.75) is 12.8 Å². The number of thiophene rings is 1. The van der Waals surface area contributed by atoms with E-state index >= 15 is 0 Å². The first kappa shape index (κ1) is 17.7. The largest absolute Gasteiger partial charge is 0.453 e. The number of benzene rings is 1. The first-order valence-corrected chi connectivity index (χ1v) is 8.62. The molecule has 1 aliphatic rings. The van der Waals surface area contributed by atoms with Gasteiger partial charge in [-0.25, -0.2) is 4.79 Å². The second-order valence-electron chi connectivity index (χ2n) is 5.59. The third kappa shape index (κ3) is 3.77. The van der Waals surface area contributed by atoms with Gasteiger partial charge in [0.15, 0.2) is 12.4 Å². The van der Waals surface area contributed by atoms with E-state index in [1.165, 1.54) is 12.1 Å². The number of ketones is 1. The van der Waals surface area contributed by atoms with Gasteiger partial charge in [-0.05, 0) is 36.8 Å². The number of Topliss-reactive ketones (excluding diaryl/α,β-unsaturated/α-hetero) is 1. The molecule has 1 aromatic heterocycles. The van der Waals surface area contributed by atoms with Gasteiger partial charge in [-0.15, -0.1) is 0 Å². The monoisotopic (exact) mass is 374 g/mol. The van der Waals surface area contributed by atoms with Crippen LogP contribution in [-0.2, 0) is 9.53 Å². The summed E-state index contributed by atoms with van der Waals surface area (Å²) < 4.78 is 4.92. The molecule has 1 fully saturated rings. The highest BCUT2D eigenvalue weighted by molar-refractivity contribution is 7.17. The number of carbonyl (C=O) groups is 3. The fourth-order valence-electron chi connectivity index (χ4n) is 2.57. The van der Waals surface area contributed by atoms with Crippen LogP contribution in [0.3, 0.4) is 0 Å². The minimum absolute atomic E-state index is 0.0584. The lowest BCUT2D eigenvalue weighted by Crippen LogP contribution is -2.23. The van der Waals surface area contributed by atoms with Gasteiger partial charge in [0.2, 0.25) is 5.91 Å². The fourth-order valence-corrected chi connectivity index (χ4v) is 3.28. The van der Waals surface area contributed by atoms with Gasteiger partial charge in [-0.2, -0.15) is 0 Å². The number of nitrogens with zero attached hydrogens (tertiary/aromatic N) is 2. The first-order chi connectivity index (χ1) is 12.5. The molecule has 1 aliphatic heterocycles. The molecule has 0 saturated carbocycles. The van der Waals surface area contributed by atoms with Gasteiger partial charge >= 0.3 is 11.0 Å². The Hall–Kier alpha value is -3.07. The Morgan fingerprint density at radius 2 is 1.92 bits per heavy atom. The molecule has 0 unspecified atom stereocenters. The molecule has 0 radical (unpaired) electrons. The number of nitro groups is 1. The summed E-state index contributed by atoms with van der Waals surface area (Å²) in [6.07, 6.45) is 1.34. The summed E-state index contributed by atoms with van der Waals surface area (Å²) in [7, 11) is 0. The zero-order chi connectivity index (χ0) is 18.7. The maximum Gasteiger partial charge on any atom is 0.349 e. The molecule has 8 nitrogen and oxygen atoms in total. The maximum absolute atomic E-state index is 12.1. The topological polar surface area (TPSA) is 107 Å². The van der Waals surface area contributed by atoms with Crippen LogP contribution in [0, 0.1) is 10.1 Å². The van der Waals surface area contributed by atoms with Crippen molar-refractivity contribution in [3.8, 4) is 0 Å². The van der Waals surface area contributed by atoms with E-state index in [-0.39, 0.29) is 15.8 Å². The molecule has 0 atom stereocenters. The van der Waals surface area contributed by atoms with E-state index in [2.05, 4.69) is 0 Å². The van der Waals surface area contributed by atoms with Crippen LogP contribution in [0.15, 0.2) is 36.4 Å². The number of anilines is 1. The van der Waals surface area contributed by atoms with Crippen molar-refractivity contribution < 1.29 is 24.0 Å². The van der Waals surface area contributed by atoms with E-state index in [9.17, 15) is 24.5 Å². The predicted octanol–water partition coefficient (Wildman–Crippen LogP) is 2.82. The van der Waals surface area contributed by atoms with Gasteiger partial charge in [-0.3, -0.25) is 19.7 Å². The van der Waals surface area contributed by atoms with Gasteiger partial charge in [0, 0.05) is 30.3 Å². The molecular formula is C17H14N2O6S. The molecule has 0 aliphatic carbocycles. The Kier molecular flexibility index (Phi) is 5.08. The van der Waals surface area contributed by atoms with Gasteiger partial charge in [0.25, 0.3) is 0 Å². The lowest BCUT2D eigenvalue weighted by atomic mass is 10.1.